The molecule has 6 aromatic carbocycles. The molecule has 4 unspecified atom stereocenters. The van der Waals surface area contributed by atoms with E-state index >= 15 is 0 Å². The van der Waals surface area contributed by atoms with Crippen LogP contribution >= 0.6 is 80.0 Å². The molecule has 0 N–H and O–H groups in total. The second-order valence-electron chi connectivity index (χ2n) is 22.3. The van der Waals surface area contributed by atoms with E-state index in [-0.39, 0.29) is 27.0 Å². The Morgan fingerprint density at radius 3 is 1.34 bits per heavy atom. The van der Waals surface area contributed by atoms with E-state index in [1.165, 1.54) is 96.5 Å². The Balaban J connectivity index is 0.975. The number of allylic oxidation sites excluding steroid dienone is 8. The first kappa shape index (κ1) is 53.5. The van der Waals surface area contributed by atoms with E-state index in [9.17, 15) is 0 Å². The fourth-order valence-electron chi connectivity index (χ4n) is 14.0. The van der Waals surface area contributed by atoms with Crippen LogP contribution in [0.2, 0.25) is 10.0 Å². The molecule has 0 aliphatic carbocycles. The van der Waals surface area contributed by atoms with Gasteiger partial charge >= 0.3 is 0 Å². The van der Waals surface area contributed by atoms with Gasteiger partial charge in [-0.15, -0.1) is 11.6 Å². The number of halogens is 5. The second-order valence-corrected chi connectivity index (χ2v) is 26.3. The van der Waals surface area contributed by atoms with Crippen LogP contribution in [-0.4, -0.2) is 54.1 Å². The highest BCUT2D eigenvalue weighted by Gasteiger charge is 2.50. The monoisotopic (exact) mass is 1260 g/mol. The van der Waals surface area contributed by atoms with Crippen molar-refractivity contribution in [1.29, 1.82) is 0 Å². The Bertz CT molecular complexity index is 3250. The number of benzene rings is 6. The zero-order chi connectivity index (χ0) is 52.6. The van der Waals surface area contributed by atoms with Gasteiger partial charge in [-0.3, -0.25) is 0 Å². The Labute approximate surface area is 482 Å². The average Bonchev–Trinajstić information content (AvgIpc) is 3.89. The Morgan fingerprint density at radius 2 is 0.946 bits per heavy atom. The fourth-order valence-corrected chi connectivity index (χ4v) is 15.6. The van der Waals surface area contributed by atoms with Crippen molar-refractivity contribution in [3.05, 3.63) is 184 Å². The summed E-state index contributed by atoms with van der Waals surface area (Å²) in [6.07, 6.45) is 21.9. The normalized spacial score (nSPS) is 24.8. The van der Waals surface area contributed by atoms with Gasteiger partial charge in [0.1, 0.15) is 14.1 Å². The molecule has 4 aliphatic rings. The highest BCUT2D eigenvalue weighted by Crippen LogP contribution is 2.54. The molecule has 10 rings (SSSR count). The third-order valence-electron chi connectivity index (χ3n) is 17.7. The van der Waals surface area contributed by atoms with E-state index in [4.69, 9.17) is 34.8 Å². The lowest BCUT2D eigenvalue weighted by Gasteiger charge is -2.28. The summed E-state index contributed by atoms with van der Waals surface area (Å²) >= 11 is 25.9. The van der Waals surface area contributed by atoms with Gasteiger partial charge in [0.25, 0.3) is 0 Å². The molecule has 0 aromatic heterocycles. The van der Waals surface area contributed by atoms with Crippen LogP contribution in [0, 0.1) is 7.14 Å². The van der Waals surface area contributed by atoms with Crippen LogP contribution in [0.15, 0.2) is 145 Å². The van der Waals surface area contributed by atoms with Crippen molar-refractivity contribution < 1.29 is 9.15 Å². The van der Waals surface area contributed by atoms with Crippen molar-refractivity contribution in [2.75, 3.05) is 38.0 Å². The summed E-state index contributed by atoms with van der Waals surface area (Å²) in [4.78, 5) is 4.73. The molecule has 0 amide bonds. The SMILES string of the molecule is CCCC1(C)C(=CC=CC2=[N+](C)c3ccc4cc(I)ccc4c3C2(C)CCC(Cl)CCC2(C)C(C=CC=C3N(C)c4ccc(Cl)cc4C3(C)CCC)=[N+](C)c3ccc4cc(I)ccc4c32)N(C)c2ccc(Cl)cc21. The first-order valence-corrected chi connectivity index (χ1v) is 29.8. The number of fused-ring (bicyclic) bond motifs is 8. The summed E-state index contributed by atoms with van der Waals surface area (Å²) in [7, 11) is 8.90. The zero-order valence-electron chi connectivity index (χ0n) is 44.6. The van der Waals surface area contributed by atoms with Crippen LogP contribution in [-0.2, 0) is 21.7 Å². The standard InChI is InChI=1S/C65H69Cl3I2N4/c1-11-33-62(3)50-39-44(67)21-29-52(50)71(7)56(62)15-13-17-58-64(5,60-48-25-23-46(69)37-41(48)19-27-54(60)73(58)9)35-31-43(66)32-36-65(6)59(74(10)55-28-20-42-38-47(70)24-26-49(42)61(55)65)18-14-16-57-63(4,34-12-2)51-40-45(68)22-30-53(51)72(57)8/h13-30,37-40,43H,11-12,31-36H2,1-10H3/q+2. The van der Waals surface area contributed by atoms with Crippen LogP contribution in [0.4, 0.5) is 22.7 Å². The van der Waals surface area contributed by atoms with E-state index in [2.05, 4.69) is 255 Å². The number of nitrogens with zero attached hydrogens (tertiary/aromatic N) is 4. The summed E-state index contributed by atoms with van der Waals surface area (Å²) in [5.41, 5.74) is 14.7. The smallest absolute Gasteiger partial charge is 0.210 e. The van der Waals surface area contributed by atoms with E-state index < -0.39 is 0 Å². The first-order chi connectivity index (χ1) is 35.3. The third kappa shape index (κ3) is 8.84. The molecule has 6 aromatic rings. The maximum absolute atomic E-state index is 7.78. The van der Waals surface area contributed by atoms with E-state index in [1.807, 2.05) is 12.1 Å². The number of hydrogen-bond donors (Lipinski definition) is 0. The molecule has 4 nitrogen and oxygen atoms in total. The van der Waals surface area contributed by atoms with Gasteiger partial charge in [-0.1, -0.05) is 74.2 Å². The summed E-state index contributed by atoms with van der Waals surface area (Å²) in [5.74, 6) is 0. The van der Waals surface area contributed by atoms with Crippen LogP contribution in [0.5, 0.6) is 0 Å². The number of alkyl halides is 1. The van der Waals surface area contributed by atoms with Gasteiger partial charge in [0, 0.05) is 106 Å². The predicted molar refractivity (Wildman–Crippen MR) is 337 cm³/mol. The van der Waals surface area contributed by atoms with Gasteiger partial charge in [-0.05, 0) is 229 Å². The Hall–Kier alpha value is -3.93. The van der Waals surface area contributed by atoms with Crippen LogP contribution in [0.3, 0.4) is 0 Å². The van der Waals surface area contributed by atoms with Crippen LogP contribution < -0.4 is 9.80 Å². The second kappa shape index (κ2) is 20.5. The minimum absolute atomic E-state index is 0.0432. The van der Waals surface area contributed by atoms with Crippen molar-refractivity contribution in [2.24, 2.45) is 0 Å². The fraction of sp³-hybridized carbons (Fsp3) is 0.354. The Kier molecular flexibility index (Phi) is 14.8. The lowest BCUT2D eigenvalue weighted by Crippen LogP contribution is -2.33. The third-order valence-corrected chi connectivity index (χ3v) is 20.0. The molecule has 0 saturated carbocycles. The number of anilines is 2. The molecule has 4 heterocycles. The molecule has 0 spiro atoms. The highest BCUT2D eigenvalue weighted by molar-refractivity contribution is 14.1. The van der Waals surface area contributed by atoms with Gasteiger partial charge in [0.05, 0.1) is 10.8 Å². The lowest BCUT2D eigenvalue weighted by atomic mass is 9.72. The molecule has 4 atom stereocenters. The number of rotatable bonds is 14. The summed E-state index contributed by atoms with van der Waals surface area (Å²) in [5, 5.41) is 6.71. The highest BCUT2D eigenvalue weighted by atomic mass is 127. The lowest BCUT2D eigenvalue weighted by molar-refractivity contribution is -0.401. The largest absolute Gasteiger partial charge is 0.347 e. The minimum atomic E-state index is -0.293. The molecule has 0 bridgehead atoms. The first-order valence-electron chi connectivity index (χ1n) is 26.5. The molecule has 9 heteroatoms. The van der Waals surface area contributed by atoms with Crippen LogP contribution in [0.1, 0.15) is 115 Å². The number of hydrogen-bond acceptors (Lipinski definition) is 2. The van der Waals surface area contributed by atoms with E-state index in [1.54, 1.807) is 0 Å². The van der Waals surface area contributed by atoms with Gasteiger partial charge in [0.2, 0.25) is 11.4 Å². The molecular weight excluding hydrogens is 1200 g/mol. The van der Waals surface area contributed by atoms with Crippen LogP contribution in [0.25, 0.3) is 21.5 Å². The van der Waals surface area contributed by atoms with Crippen molar-refractivity contribution in [3.63, 3.8) is 0 Å². The molecule has 382 valence electrons. The number of likely N-dealkylation sites (N-methyl/N-ethyl adjacent to an activating group) is 2. The molecule has 0 radical (unpaired) electrons. The average molecular weight is 1270 g/mol. The molecule has 4 aliphatic heterocycles. The topological polar surface area (TPSA) is 12.5 Å². The molecule has 0 saturated heterocycles. The predicted octanol–water partition coefficient (Wildman–Crippen LogP) is 18.6. The van der Waals surface area contributed by atoms with Gasteiger partial charge in [0.15, 0.2) is 11.4 Å². The van der Waals surface area contributed by atoms with Crippen molar-refractivity contribution in [1.82, 2.24) is 0 Å². The quantitative estimate of drug-likeness (QED) is 0.0612. The molecule has 74 heavy (non-hydrogen) atoms. The van der Waals surface area contributed by atoms with Gasteiger partial charge in [-0.2, -0.15) is 9.15 Å². The van der Waals surface area contributed by atoms with Gasteiger partial charge < -0.3 is 9.80 Å². The summed E-state index contributed by atoms with van der Waals surface area (Å²) < 4.78 is 7.36. The maximum atomic E-state index is 7.78. The molecule has 0 fully saturated rings. The van der Waals surface area contributed by atoms with Crippen molar-refractivity contribution >= 4 is 136 Å². The molecular formula is C65H69Cl3I2N4+2. The van der Waals surface area contributed by atoms with Crippen molar-refractivity contribution in [2.45, 2.75) is 120 Å². The zero-order valence-corrected chi connectivity index (χ0v) is 51.2. The summed E-state index contributed by atoms with van der Waals surface area (Å²) in [6.45, 7) is 14.2. The van der Waals surface area contributed by atoms with Gasteiger partial charge in [-0.25, -0.2) is 0 Å². The van der Waals surface area contributed by atoms with Crippen molar-refractivity contribution in [3.8, 4) is 0 Å². The summed E-state index contributed by atoms with van der Waals surface area (Å²) in [6, 6.07) is 35.8. The Morgan fingerprint density at radius 1 is 0.541 bits per heavy atom. The van der Waals surface area contributed by atoms with E-state index in [0.717, 1.165) is 61.4 Å². The maximum Gasteiger partial charge on any atom is 0.210 e. The minimum Gasteiger partial charge on any atom is -0.347 e. The van der Waals surface area contributed by atoms with E-state index in [0.29, 0.717) is 0 Å².